The molecule has 1 saturated carbocycles. The van der Waals surface area contributed by atoms with Crippen LogP contribution in [0, 0.1) is 16.0 Å². The van der Waals surface area contributed by atoms with Crippen LogP contribution in [0.25, 0.3) is 0 Å². The van der Waals surface area contributed by atoms with Crippen LogP contribution in [0.5, 0.6) is 5.88 Å². The van der Waals surface area contributed by atoms with Gasteiger partial charge in [0, 0.05) is 0 Å². The molecule has 0 spiro atoms. The van der Waals surface area contributed by atoms with E-state index < -0.39 is 4.92 Å². The Labute approximate surface area is 103 Å². The SMILES string of the molecule is O=[N+]([O-])c1c(Cl)ncnc1OCCC1CCC1. The van der Waals surface area contributed by atoms with Gasteiger partial charge in [-0.2, -0.15) is 4.98 Å². The van der Waals surface area contributed by atoms with Crippen molar-refractivity contribution < 1.29 is 9.66 Å². The van der Waals surface area contributed by atoms with Gasteiger partial charge in [0.25, 0.3) is 5.88 Å². The Hall–Kier alpha value is -1.43. The van der Waals surface area contributed by atoms with Gasteiger partial charge >= 0.3 is 5.69 Å². The van der Waals surface area contributed by atoms with E-state index in [1.54, 1.807) is 0 Å². The molecule has 2 rings (SSSR count). The second kappa shape index (κ2) is 5.27. The van der Waals surface area contributed by atoms with E-state index in [1.165, 1.54) is 19.3 Å². The molecule has 0 N–H and O–H groups in total. The second-order valence-electron chi connectivity index (χ2n) is 4.01. The molecule has 7 heteroatoms. The molecule has 0 atom stereocenters. The van der Waals surface area contributed by atoms with Gasteiger partial charge in [0.2, 0.25) is 5.15 Å². The summed E-state index contributed by atoms with van der Waals surface area (Å²) < 4.78 is 5.31. The Morgan fingerprint density at radius 3 is 2.88 bits per heavy atom. The largest absolute Gasteiger partial charge is 0.473 e. The van der Waals surface area contributed by atoms with Crippen molar-refractivity contribution in [2.45, 2.75) is 25.7 Å². The fraction of sp³-hybridized carbons (Fsp3) is 0.600. The fourth-order valence-electron chi connectivity index (χ4n) is 1.71. The third-order valence-electron chi connectivity index (χ3n) is 2.92. The minimum Gasteiger partial charge on any atom is -0.473 e. The van der Waals surface area contributed by atoms with Crippen molar-refractivity contribution in [1.82, 2.24) is 9.97 Å². The number of nitrogens with zero attached hydrogens (tertiary/aromatic N) is 3. The fourth-order valence-corrected chi connectivity index (χ4v) is 1.90. The Morgan fingerprint density at radius 2 is 2.29 bits per heavy atom. The topological polar surface area (TPSA) is 78.2 Å². The van der Waals surface area contributed by atoms with Crippen molar-refractivity contribution >= 4 is 17.3 Å². The number of halogens is 1. The number of nitro groups is 1. The Kier molecular flexibility index (Phi) is 3.73. The summed E-state index contributed by atoms with van der Waals surface area (Å²) in [4.78, 5) is 17.5. The first-order valence-corrected chi connectivity index (χ1v) is 5.84. The van der Waals surface area contributed by atoms with E-state index >= 15 is 0 Å². The van der Waals surface area contributed by atoms with Gasteiger partial charge in [0.1, 0.15) is 6.33 Å². The van der Waals surface area contributed by atoms with E-state index in [1.807, 2.05) is 0 Å². The summed E-state index contributed by atoms with van der Waals surface area (Å²) >= 11 is 5.63. The molecule has 0 bridgehead atoms. The highest BCUT2D eigenvalue weighted by Crippen LogP contribution is 2.32. The first-order chi connectivity index (χ1) is 8.18. The molecular formula is C10H12ClN3O3. The van der Waals surface area contributed by atoms with Crippen LogP contribution in [-0.4, -0.2) is 21.5 Å². The van der Waals surface area contributed by atoms with Gasteiger partial charge in [-0.3, -0.25) is 10.1 Å². The van der Waals surface area contributed by atoms with E-state index in [2.05, 4.69) is 9.97 Å². The predicted octanol–water partition coefficient (Wildman–Crippen LogP) is 2.61. The lowest BCUT2D eigenvalue weighted by Crippen LogP contribution is -2.15. The van der Waals surface area contributed by atoms with Gasteiger partial charge in [0.05, 0.1) is 11.5 Å². The van der Waals surface area contributed by atoms with Gasteiger partial charge in [0.15, 0.2) is 0 Å². The maximum atomic E-state index is 10.8. The van der Waals surface area contributed by atoms with Crippen LogP contribution >= 0.6 is 11.6 Å². The quantitative estimate of drug-likeness (QED) is 0.460. The summed E-state index contributed by atoms with van der Waals surface area (Å²) in [5.41, 5.74) is -0.359. The molecule has 1 aromatic rings. The third kappa shape index (κ3) is 2.82. The lowest BCUT2D eigenvalue weighted by molar-refractivity contribution is -0.386. The minimum atomic E-state index is -0.624. The molecule has 1 aliphatic rings. The highest BCUT2D eigenvalue weighted by atomic mass is 35.5. The van der Waals surface area contributed by atoms with Crippen LogP contribution in [0.2, 0.25) is 5.15 Å². The van der Waals surface area contributed by atoms with Crippen molar-refractivity contribution in [3.05, 3.63) is 21.6 Å². The van der Waals surface area contributed by atoms with Crippen LogP contribution in [0.1, 0.15) is 25.7 Å². The van der Waals surface area contributed by atoms with Crippen molar-refractivity contribution in [2.75, 3.05) is 6.61 Å². The highest BCUT2D eigenvalue weighted by Gasteiger charge is 2.24. The van der Waals surface area contributed by atoms with Crippen LogP contribution in [-0.2, 0) is 0 Å². The molecule has 0 unspecified atom stereocenters. The van der Waals surface area contributed by atoms with Crippen LogP contribution in [0.3, 0.4) is 0 Å². The number of ether oxygens (including phenoxy) is 1. The van der Waals surface area contributed by atoms with E-state index in [4.69, 9.17) is 16.3 Å². The molecule has 92 valence electrons. The highest BCUT2D eigenvalue weighted by molar-refractivity contribution is 6.31. The normalized spacial score (nSPS) is 15.4. The van der Waals surface area contributed by atoms with Crippen LogP contribution < -0.4 is 4.74 Å². The summed E-state index contributed by atoms with van der Waals surface area (Å²) in [7, 11) is 0. The Morgan fingerprint density at radius 1 is 1.53 bits per heavy atom. The van der Waals surface area contributed by atoms with Gasteiger partial charge < -0.3 is 4.74 Å². The molecule has 0 aliphatic heterocycles. The zero-order chi connectivity index (χ0) is 12.3. The van der Waals surface area contributed by atoms with E-state index in [0.717, 1.165) is 12.7 Å². The first-order valence-electron chi connectivity index (χ1n) is 5.46. The summed E-state index contributed by atoms with van der Waals surface area (Å²) in [6, 6.07) is 0. The lowest BCUT2D eigenvalue weighted by Gasteiger charge is -2.24. The average molecular weight is 258 g/mol. The van der Waals surface area contributed by atoms with Crippen LogP contribution in [0.15, 0.2) is 6.33 Å². The van der Waals surface area contributed by atoms with Gasteiger partial charge in [-0.15, -0.1) is 0 Å². The Bertz CT molecular complexity index is 423. The van der Waals surface area contributed by atoms with Crippen molar-refractivity contribution in [3.63, 3.8) is 0 Å². The second-order valence-corrected chi connectivity index (χ2v) is 4.37. The van der Waals surface area contributed by atoms with E-state index in [0.29, 0.717) is 12.5 Å². The van der Waals surface area contributed by atoms with Crippen molar-refractivity contribution in [3.8, 4) is 5.88 Å². The molecular weight excluding hydrogens is 246 g/mol. The summed E-state index contributed by atoms with van der Waals surface area (Å²) in [6.45, 7) is 0.429. The predicted molar refractivity (Wildman–Crippen MR) is 61.1 cm³/mol. The van der Waals surface area contributed by atoms with Gasteiger partial charge in [-0.25, -0.2) is 4.98 Å². The first kappa shape index (κ1) is 12.0. The molecule has 1 aliphatic carbocycles. The monoisotopic (exact) mass is 257 g/mol. The molecule has 0 aromatic carbocycles. The third-order valence-corrected chi connectivity index (χ3v) is 3.19. The zero-order valence-corrected chi connectivity index (χ0v) is 9.89. The van der Waals surface area contributed by atoms with Crippen molar-refractivity contribution in [1.29, 1.82) is 0 Å². The molecule has 17 heavy (non-hydrogen) atoms. The summed E-state index contributed by atoms with van der Waals surface area (Å²) in [5.74, 6) is 0.640. The smallest absolute Gasteiger partial charge is 0.367 e. The molecule has 1 aromatic heterocycles. The van der Waals surface area contributed by atoms with E-state index in [-0.39, 0.29) is 16.7 Å². The maximum absolute atomic E-state index is 10.8. The number of hydrogen-bond acceptors (Lipinski definition) is 5. The molecule has 6 nitrogen and oxygen atoms in total. The molecule has 0 saturated heterocycles. The zero-order valence-electron chi connectivity index (χ0n) is 9.13. The molecule has 0 amide bonds. The number of aromatic nitrogens is 2. The van der Waals surface area contributed by atoms with Crippen LogP contribution in [0.4, 0.5) is 5.69 Å². The van der Waals surface area contributed by atoms with E-state index in [9.17, 15) is 10.1 Å². The minimum absolute atomic E-state index is 0.0469. The lowest BCUT2D eigenvalue weighted by atomic mass is 9.83. The number of rotatable bonds is 5. The number of hydrogen-bond donors (Lipinski definition) is 0. The molecule has 1 heterocycles. The van der Waals surface area contributed by atoms with Gasteiger partial charge in [-0.05, 0) is 12.3 Å². The molecule has 0 radical (unpaired) electrons. The summed E-state index contributed by atoms with van der Waals surface area (Å²) in [6.07, 6.45) is 5.77. The van der Waals surface area contributed by atoms with Gasteiger partial charge in [-0.1, -0.05) is 30.9 Å². The average Bonchev–Trinajstić information content (AvgIpc) is 2.21. The standard InChI is InChI=1S/C10H12ClN3O3/c11-9-8(14(15)16)10(13-6-12-9)17-5-4-7-2-1-3-7/h6-7H,1-5H2. The summed E-state index contributed by atoms with van der Waals surface area (Å²) in [5, 5.41) is 10.6. The Balaban J connectivity index is 1.98. The van der Waals surface area contributed by atoms with Crippen molar-refractivity contribution in [2.24, 2.45) is 5.92 Å². The molecule has 1 fully saturated rings. The maximum Gasteiger partial charge on any atom is 0.367 e.